The maximum atomic E-state index is 12.7. The molecule has 3 unspecified atom stereocenters. The second-order valence-electron chi connectivity index (χ2n) is 6.60. The minimum atomic E-state index is -0.0865. The van der Waals surface area contributed by atoms with Crippen LogP contribution in [-0.2, 0) is 17.9 Å². The van der Waals surface area contributed by atoms with Crippen molar-refractivity contribution in [1.82, 2.24) is 14.5 Å². The first kappa shape index (κ1) is 14.3. The molecule has 23 heavy (non-hydrogen) atoms. The van der Waals surface area contributed by atoms with Crippen LogP contribution < -0.4 is 4.74 Å². The zero-order valence-electron chi connectivity index (χ0n) is 13.3. The molecule has 5 nitrogen and oxygen atoms in total. The van der Waals surface area contributed by atoms with E-state index < -0.39 is 0 Å². The molecule has 2 aromatic rings. The molecule has 2 aromatic heterocycles. The van der Waals surface area contributed by atoms with Crippen LogP contribution in [0.25, 0.3) is 0 Å². The highest BCUT2D eigenvalue weighted by Gasteiger charge is 2.42. The molecule has 120 valence electrons. The lowest BCUT2D eigenvalue weighted by atomic mass is 10.2. The van der Waals surface area contributed by atoms with Crippen LogP contribution in [0.1, 0.15) is 19.0 Å². The molecule has 1 aliphatic carbocycles. The molecule has 1 fully saturated rings. The molecule has 3 heterocycles. The molecular formula is C18H21N3O2. The van der Waals surface area contributed by atoms with Gasteiger partial charge in [-0.05, 0) is 30.5 Å². The Bertz CT molecular complexity index is 697. The number of nitrogens with zero attached hydrogens (tertiary/aromatic N) is 3. The molecule has 0 saturated heterocycles. The number of pyridine rings is 1. The Morgan fingerprint density at radius 3 is 2.87 bits per heavy atom. The van der Waals surface area contributed by atoms with Crippen LogP contribution in [0.15, 0.2) is 42.7 Å². The van der Waals surface area contributed by atoms with Gasteiger partial charge in [0, 0.05) is 30.1 Å². The van der Waals surface area contributed by atoms with E-state index >= 15 is 0 Å². The molecule has 5 heteroatoms. The second-order valence-corrected chi connectivity index (χ2v) is 6.60. The second kappa shape index (κ2) is 5.72. The van der Waals surface area contributed by atoms with Crippen LogP contribution in [0.4, 0.5) is 0 Å². The normalized spacial score (nSPS) is 26.3. The molecule has 0 spiro atoms. The highest BCUT2D eigenvalue weighted by molar-refractivity contribution is 5.81. The molecule has 0 N–H and O–H groups in total. The number of fused-ring (bicyclic) bond motifs is 1. The van der Waals surface area contributed by atoms with Gasteiger partial charge in [-0.2, -0.15) is 0 Å². The number of hydrogen-bond acceptors (Lipinski definition) is 3. The Morgan fingerprint density at radius 1 is 1.26 bits per heavy atom. The smallest absolute Gasteiger partial charge is 0.226 e. The van der Waals surface area contributed by atoms with Crippen molar-refractivity contribution in [2.75, 3.05) is 6.54 Å². The van der Waals surface area contributed by atoms with Crippen LogP contribution in [0.5, 0.6) is 5.88 Å². The first-order valence-corrected chi connectivity index (χ1v) is 8.21. The Hall–Kier alpha value is -2.30. The average Bonchev–Trinajstić information content (AvgIpc) is 3.18. The van der Waals surface area contributed by atoms with E-state index in [0.717, 1.165) is 13.0 Å². The minimum Gasteiger partial charge on any atom is -0.471 e. The fourth-order valence-electron chi connectivity index (χ4n) is 3.28. The summed E-state index contributed by atoms with van der Waals surface area (Å²) >= 11 is 0. The van der Waals surface area contributed by atoms with Gasteiger partial charge in [-0.25, -0.2) is 4.98 Å². The first-order chi connectivity index (χ1) is 11.2. The molecule has 1 amide bonds. The van der Waals surface area contributed by atoms with Gasteiger partial charge in [0.2, 0.25) is 11.8 Å². The van der Waals surface area contributed by atoms with Gasteiger partial charge in [0.25, 0.3) is 0 Å². The van der Waals surface area contributed by atoms with Gasteiger partial charge in [0.15, 0.2) is 0 Å². The molecule has 1 saturated carbocycles. The summed E-state index contributed by atoms with van der Waals surface area (Å²) in [6, 6.07) is 9.75. The number of ether oxygens (including phenoxy) is 1. The van der Waals surface area contributed by atoms with Gasteiger partial charge in [-0.1, -0.05) is 13.0 Å². The van der Waals surface area contributed by atoms with E-state index in [1.807, 2.05) is 29.2 Å². The van der Waals surface area contributed by atoms with E-state index in [9.17, 15) is 4.79 Å². The monoisotopic (exact) mass is 311 g/mol. The summed E-state index contributed by atoms with van der Waals surface area (Å²) in [6.07, 6.45) is 4.71. The predicted molar refractivity (Wildman–Crippen MR) is 85.8 cm³/mol. The number of amides is 1. The predicted octanol–water partition coefficient (Wildman–Crippen LogP) is 2.33. The van der Waals surface area contributed by atoms with E-state index in [2.05, 4.69) is 28.7 Å². The Balaban J connectivity index is 1.55. The largest absolute Gasteiger partial charge is 0.471 e. The van der Waals surface area contributed by atoms with Crippen molar-refractivity contribution in [3.8, 4) is 5.88 Å². The lowest BCUT2D eigenvalue weighted by Gasteiger charge is -2.24. The van der Waals surface area contributed by atoms with Crippen molar-refractivity contribution in [3.05, 3.63) is 48.4 Å². The molecule has 0 bridgehead atoms. The van der Waals surface area contributed by atoms with Crippen molar-refractivity contribution in [2.45, 2.75) is 32.5 Å². The highest BCUT2D eigenvalue weighted by atomic mass is 16.5. The van der Waals surface area contributed by atoms with E-state index in [-0.39, 0.29) is 17.9 Å². The van der Waals surface area contributed by atoms with Crippen LogP contribution in [0, 0.1) is 11.8 Å². The van der Waals surface area contributed by atoms with Crippen LogP contribution in [0.3, 0.4) is 0 Å². The van der Waals surface area contributed by atoms with Gasteiger partial charge in [-0.3, -0.25) is 4.79 Å². The summed E-state index contributed by atoms with van der Waals surface area (Å²) in [7, 11) is 0. The Kier molecular flexibility index (Phi) is 3.56. The van der Waals surface area contributed by atoms with Gasteiger partial charge in [-0.15, -0.1) is 0 Å². The zero-order chi connectivity index (χ0) is 15.8. The zero-order valence-corrected chi connectivity index (χ0v) is 13.3. The summed E-state index contributed by atoms with van der Waals surface area (Å²) in [5.74, 6) is 1.60. The molecule has 3 atom stereocenters. The molecule has 0 radical (unpaired) electrons. The number of rotatable bonds is 3. The SMILES string of the molecule is CC1CC1C(=O)N1Cc2cccn2CC(Oc2ccccn2)C1. The van der Waals surface area contributed by atoms with Crippen molar-refractivity contribution >= 4 is 5.91 Å². The summed E-state index contributed by atoms with van der Waals surface area (Å²) in [5.41, 5.74) is 1.17. The fourth-order valence-corrected chi connectivity index (χ4v) is 3.28. The summed E-state index contributed by atoms with van der Waals surface area (Å²) < 4.78 is 8.22. The topological polar surface area (TPSA) is 47.4 Å². The summed E-state index contributed by atoms with van der Waals surface area (Å²) in [5, 5.41) is 0. The minimum absolute atomic E-state index is 0.0865. The third-order valence-corrected chi connectivity index (χ3v) is 4.76. The van der Waals surface area contributed by atoms with Gasteiger partial charge >= 0.3 is 0 Å². The Labute approximate surface area is 135 Å². The van der Waals surface area contributed by atoms with Gasteiger partial charge < -0.3 is 14.2 Å². The van der Waals surface area contributed by atoms with E-state index in [4.69, 9.17) is 4.74 Å². The summed E-state index contributed by atoms with van der Waals surface area (Å²) in [4.78, 5) is 18.9. The van der Waals surface area contributed by atoms with E-state index in [1.165, 1.54) is 5.69 Å². The number of aromatic nitrogens is 2. The first-order valence-electron chi connectivity index (χ1n) is 8.21. The number of carbonyl (C=O) groups is 1. The fraction of sp³-hybridized carbons (Fsp3) is 0.444. The molecule has 0 aromatic carbocycles. The van der Waals surface area contributed by atoms with Crippen molar-refractivity contribution in [3.63, 3.8) is 0 Å². The molecule has 2 aliphatic rings. The lowest BCUT2D eigenvalue weighted by molar-refractivity contribution is -0.134. The average molecular weight is 311 g/mol. The third-order valence-electron chi connectivity index (χ3n) is 4.76. The van der Waals surface area contributed by atoms with E-state index in [1.54, 1.807) is 6.20 Å². The quantitative estimate of drug-likeness (QED) is 0.874. The maximum Gasteiger partial charge on any atom is 0.226 e. The van der Waals surface area contributed by atoms with Gasteiger partial charge in [0.1, 0.15) is 6.10 Å². The highest BCUT2D eigenvalue weighted by Crippen LogP contribution is 2.39. The van der Waals surface area contributed by atoms with Crippen molar-refractivity contribution in [2.24, 2.45) is 11.8 Å². The molecular weight excluding hydrogens is 290 g/mol. The molecule has 4 rings (SSSR count). The number of hydrogen-bond donors (Lipinski definition) is 0. The standard InChI is InChI=1S/C18H21N3O2/c1-13-9-16(13)18(22)21-10-14-5-4-8-20(14)11-15(12-21)23-17-6-2-3-7-19-17/h2-8,13,15-16H,9-12H2,1H3. The number of carbonyl (C=O) groups excluding carboxylic acids is 1. The van der Waals surface area contributed by atoms with Crippen molar-refractivity contribution in [1.29, 1.82) is 0 Å². The lowest BCUT2D eigenvalue weighted by Crippen LogP contribution is -2.39. The van der Waals surface area contributed by atoms with Crippen LogP contribution >= 0.6 is 0 Å². The Morgan fingerprint density at radius 2 is 2.13 bits per heavy atom. The van der Waals surface area contributed by atoms with E-state index in [0.29, 0.717) is 24.9 Å². The van der Waals surface area contributed by atoms with Crippen LogP contribution in [-0.4, -0.2) is 33.0 Å². The summed E-state index contributed by atoms with van der Waals surface area (Å²) in [6.45, 7) is 4.16. The molecule has 1 aliphatic heterocycles. The van der Waals surface area contributed by atoms with Gasteiger partial charge in [0.05, 0.1) is 19.6 Å². The van der Waals surface area contributed by atoms with Crippen LogP contribution in [0.2, 0.25) is 0 Å². The van der Waals surface area contributed by atoms with Crippen molar-refractivity contribution < 1.29 is 9.53 Å². The maximum absolute atomic E-state index is 12.7. The third kappa shape index (κ3) is 2.96.